The summed E-state index contributed by atoms with van der Waals surface area (Å²) in [6.45, 7) is 7.46. The lowest BCUT2D eigenvalue weighted by Gasteiger charge is -2.15. The summed E-state index contributed by atoms with van der Waals surface area (Å²) in [6, 6.07) is 3.13. The number of carbonyl (C=O) groups excluding carboxylic acids is 2. The Morgan fingerprint density at radius 3 is 1.75 bits per heavy atom. The molecule has 1 aromatic rings. The van der Waals surface area contributed by atoms with E-state index in [1.807, 2.05) is 6.92 Å². The predicted molar refractivity (Wildman–Crippen MR) is 145 cm³/mol. The number of nitro benzene ring substituents is 1. The van der Waals surface area contributed by atoms with E-state index in [1.54, 1.807) is 19.9 Å². The number of nitrogens with zero attached hydrogens (tertiary/aromatic N) is 1. The molecule has 0 aliphatic rings. The zero-order valence-corrected chi connectivity index (χ0v) is 23.0. The molecule has 0 fully saturated rings. The normalized spacial score (nSPS) is 11.8. The van der Waals surface area contributed by atoms with Crippen molar-refractivity contribution in [2.24, 2.45) is 0 Å². The molecule has 0 aliphatic carbocycles. The van der Waals surface area contributed by atoms with Crippen molar-refractivity contribution >= 4 is 17.7 Å². The van der Waals surface area contributed by atoms with Crippen LogP contribution in [0.1, 0.15) is 139 Å². The average Bonchev–Trinajstić information content (AvgIpc) is 2.82. The van der Waals surface area contributed by atoms with Gasteiger partial charge < -0.3 is 4.74 Å². The maximum atomic E-state index is 12.1. The van der Waals surface area contributed by atoms with Gasteiger partial charge in [-0.3, -0.25) is 20.2 Å². The second-order valence-electron chi connectivity index (χ2n) is 10.0. The monoisotopic (exact) mass is 504 g/mol. The van der Waals surface area contributed by atoms with E-state index in [-0.39, 0.29) is 18.0 Å². The lowest BCUT2D eigenvalue weighted by atomic mass is 10.0. The number of ether oxygens (including phenoxy) is 1. The van der Waals surface area contributed by atoms with Crippen molar-refractivity contribution in [3.8, 4) is 0 Å². The number of hydrogen-bond donors (Lipinski definition) is 1. The fourth-order valence-electron chi connectivity index (χ4n) is 4.39. The highest BCUT2D eigenvalue weighted by Gasteiger charge is 2.23. The lowest BCUT2D eigenvalue weighted by Crippen LogP contribution is -2.31. The van der Waals surface area contributed by atoms with Crippen LogP contribution in [0.3, 0.4) is 0 Å². The van der Waals surface area contributed by atoms with E-state index in [2.05, 4.69) is 12.2 Å². The Morgan fingerprint density at radius 1 is 0.833 bits per heavy atom. The van der Waals surface area contributed by atoms with Gasteiger partial charge in [0, 0.05) is 12.5 Å². The molecule has 7 nitrogen and oxygen atoms in total. The Balaban J connectivity index is 2.11. The highest BCUT2D eigenvalue weighted by atomic mass is 16.6. The van der Waals surface area contributed by atoms with Gasteiger partial charge in [-0.05, 0) is 44.4 Å². The maximum absolute atomic E-state index is 12.1. The summed E-state index contributed by atoms with van der Waals surface area (Å²) < 4.78 is 5.25. The molecule has 1 N–H and O–H groups in total. The first kappa shape index (κ1) is 31.6. The van der Waals surface area contributed by atoms with E-state index in [9.17, 15) is 19.7 Å². The number of nitro groups is 1. The molecular formula is C29H48N2O5. The zero-order valence-electron chi connectivity index (χ0n) is 23.0. The number of imide groups is 1. The molecule has 36 heavy (non-hydrogen) atoms. The van der Waals surface area contributed by atoms with E-state index in [4.69, 9.17) is 4.74 Å². The average molecular weight is 505 g/mol. The Morgan fingerprint density at radius 2 is 1.28 bits per heavy atom. The largest absolute Gasteiger partial charge is 0.441 e. The van der Waals surface area contributed by atoms with Gasteiger partial charge in [-0.15, -0.1) is 0 Å². The summed E-state index contributed by atoms with van der Waals surface area (Å²) in [7, 11) is 0. The van der Waals surface area contributed by atoms with E-state index in [1.165, 1.54) is 83.1 Å². The number of benzene rings is 1. The number of carbonyl (C=O) groups is 2. The quantitative estimate of drug-likeness (QED) is 0.115. The van der Waals surface area contributed by atoms with Crippen LogP contribution in [0.2, 0.25) is 0 Å². The highest BCUT2D eigenvalue weighted by Crippen LogP contribution is 2.30. The molecule has 1 rings (SSSR count). The molecule has 204 valence electrons. The summed E-state index contributed by atoms with van der Waals surface area (Å²) in [6.07, 6.45) is 17.3. The van der Waals surface area contributed by atoms with Crippen LogP contribution < -0.4 is 5.32 Å². The maximum Gasteiger partial charge on any atom is 0.414 e. The number of aryl methyl sites for hydroxylation is 2. The Hall–Kier alpha value is -2.44. The van der Waals surface area contributed by atoms with E-state index >= 15 is 0 Å². The van der Waals surface area contributed by atoms with Gasteiger partial charge in [0.15, 0.2) is 0 Å². The molecule has 0 saturated heterocycles. The molecule has 1 atom stereocenters. The Kier molecular flexibility index (Phi) is 16.5. The first-order valence-corrected chi connectivity index (χ1v) is 14.0. The minimum Gasteiger partial charge on any atom is -0.441 e. The van der Waals surface area contributed by atoms with Crippen molar-refractivity contribution in [2.45, 2.75) is 137 Å². The molecule has 1 unspecified atom stereocenters. The van der Waals surface area contributed by atoms with Crippen molar-refractivity contribution < 1.29 is 19.2 Å². The molecule has 2 amide bonds. The molecule has 0 radical (unpaired) electrons. The van der Waals surface area contributed by atoms with Crippen LogP contribution in [-0.2, 0) is 9.53 Å². The van der Waals surface area contributed by atoms with Gasteiger partial charge >= 0.3 is 6.09 Å². The second-order valence-corrected chi connectivity index (χ2v) is 10.0. The number of unbranched alkanes of at least 4 members (excludes halogenated alkanes) is 14. The topological polar surface area (TPSA) is 98.5 Å². The third-order valence-corrected chi connectivity index (χ3v) is 6.81. The number of amides is 2. The third kappa shape index (κ3) is 13.6. The standard InChI is InChI=1S/C29H48N2O5/c1-5-6-7-8-9-10-11-12-13-14-15-16-17-18-19-20-28(32)30-29(33)36-25(4)26-21-23(2)24(3)22-27(26)31(34)35/h21-22,25H,5-20H2,1-4H3,(H,30,32,33). The SMILES string of the molecule is CCCCCCCCCCCCCCCCCC(=O)NC(=O)OC(C)c1cc(C)c(C)cc1[N+](=O)[O-]. The Labute approximate surface area is 217 Å². The van der Waals surface area contributed by atoms with Crippen LogP contribution in [0.5, 0.6) is 0 Å². The van der Waals surface area contributed by atoms with E-state index in [0.29, 0.717) is 5.56 Å². The van der Waals surface area contributed by atoms with Gasteiger partial charge in [-0.1, -0.05) is 96.8 Å². The van der Waals surface area contributed by atoms with Gasteiger partial charge in [0.05, 0.1) is 10.5 Å². The summed E-state index contributed by atoms with van der Waals surface area (Å²) in [5, 5.41) is 13.6. The van der Waals surface area contributed by atoms with Gasteiger partial charge in [0.1, 0.15) is 6.10 Å². The third-order valence-electron chi connectivity index (χ3n) is 6.81. The number of hydrogen-bond acceptors (Lipinski definition) is 5. The molecule has 7 heteroatoms. The van der Waals surface area contributed by atoms with Crippen molar-refractivity contribution in [1.29, 1.82) is 0 Å². The van der Waals surface area contributed by atoms with Gasteiger partial charge in [-0.25, -0.2) is 4.79 Å². The van der Waals surface area contributed by atoms with E-state index < -0.39 is 17.1 Å². The number of nitrogens with one attached hydrogen (secondary N) is 1. The number of alkyl carbamates (subject to hydrolysis) is 1. The Bertz CT molecular complexity index is 809. The molecule has 0 heterocycles. The van der Waals surface area contributed by atoms with Gasteiger partial charge in [-0.2, -0.15) is 0 Å². The minimum absolute atomic E-state index is 0.0949. The van der Waals surface area contributed by atoms with Crippen LogP contribution in [0.25, 0.3) is 0 Å². The van der Waals surface area contributed by atoms with Crippen LogP contribution in [0.4, 0.5) is 10.5 Å². The fourth-order valence-corrected chi connectivity index (χ4v) is 4.39. The molecular weight excluding hydrogens is 456 g/mol. The summed E-state index contributed by atoms with van der Waals surface area (Å²) in [5.41, 5.74) is 1.88. The van der Waals surface area contributed by atoms with Crippen LogP contribution in [0, 0.1) is 24.0 Å². The van der Waals surface area contributed by atoms with Gasteiger partial charge in [0.2, 0.25) is 5.91 Å². The van der Waals surface area contributed by atoms with Gasteiger partial charge in [0.25, 0.3) is 5.69 Å². The molecule has 0 spiro atoms. The fraction of sp³-hybridized carbons (Fsp3) is 0.724. The van der Waals surface area contributed by atoms with Crippen molar-refractivity contribution in [2.75, 3.05) is 0 Å². The summed E-state index contributed by atoms with van der Waals surface area (Å²) >= 11 is 0. The van der Waals surface area contributed by atoms with Crippen molar-refractivity contribution in [3.63, 3.8) is 0 Å². The minimum atomic E-state index is -0.874. The van der Waals surface area contributed by atoms with Crippen LogP contribution in [-0.4, -0.2) is 16.9 Å². The molecule has 1 aromatic carbocycles. The second kappa shape index (κ2) is 18.8. The summed E-state index contributed by atoms with van der Waals surface area (Å²) in [5.74, 6) is -0.378. The lowest BCUT2D eigenvalue weighted by molar-refractivity contribution is -0.386. The van der Waals surface area contributed by atoms with Crippen molar-refractivity contribution in [3.05, 3.63) is 38.9 Å². The van der Waals surface area contributed by atoms with Crippen molar-refractivity contribution in [1.82, 2.24) is 5.32 Å². The first-order chi connectivity index (χ1) is 17.3. The first-order valence-electron chi connectivity index (χ1n) is 14.0. The molecule has 0 aliphatic heterocycles. The molecule has 0 aromatic heterocycles. The predicted octanol–water partition coefficient (Wildman–Crippen LogP) is 8.79. The van der Waals surface area contributed by atoms with Crippen LogP contribution in [0.15, 0.2) is 12.1 Å². The zero-order chi connectivity index (χ0) is 26.8. The van der Waals surface area contributed by atoms with Crippen LogP contribution >= 0.6 is 0 Å². The smallest absolute Gasteiger partial charge is 0.414 e. The number of rotatable bonds is 19. The summed E-state index contributed by atoms with van der Waals surface area (Å²) in [4.78, 5) is 35.0. The van der Waals surface area contributed by atoms with E-state index in [0.717, 1.165) is 30.4 Å². The molecule has 0 bridgehead atoms. The molecule has 0 saturated carbocycles. The highest BCUT2D eigenvalue weighted by molar-refractivity contribution is 5.91.